The first-order valence-corrected chi connectivity index (χ1v) is 10.6. The highest BCUT2D eigenvalue weighted by molar-refractivity contribution is 5.85. The molecule has 1 saturated heterocycles. The highest BCUT2D eigenvalue weighted by Gasteiger charge is 2.34. The number of rotatable bonds is 5. The van der Waals surface area contributed by atoms with E-state index in [0.29, 0.717) is 0 Å². The van der Waals surface area contributed by atoms with E-state index in [9.17, 15) is 0 Å². The summed E-state index contributed by atoms with van der Waals surface area (Å²) in [4.78, 5) is 2.68. The van der Waals surface area contributed by atoms with Gasteiger partial charge in [-0.25, -0.2) is 0 Å². The number of ether oxygens (including phenoxy) is 1. The van der Waals surface area contributed by atoms with Crippen molar-refractivity contribution in [1.29, 1.82) is 0 Å². The van der Waals surface area contributed by atoms with Crippen LogP contribution in [0.2, 0.25) is 0 Å². The molecular formula is C26H31NO. The molecule has 0 saturated carbocycles. The van der Waals surface area contributed by atoms with Gasteiger partial charge in [-0.15, -0.1) is 0 Å². The Morgan fingerprint density at radius 3 is 2.64 bits per heavy atom. The Kier molecular flexibility index (Phi) is 5.68. The summed E-state index contributed by atoms with van der Waals surface area (Å²) in [6, 6.07) is 24.2. The molecule has 2 nitrogen and oxygen atoms in total. The van der Waals surface area contributed by atoms with Gasteiger partial charge in [-0.1, -0.05) is 67.9 Å². The Morgan fingerprint density at radius 1 is 0.964 bits per heavy atom. The maximum absolute atomic E-state index is 5.52. The lowest BCUT2D eigenvalue weighted by Crippen LogP contribution is -2.39. The molecule has 0 radical (unpaired) electrons. The summed E-state index contributed by atoms with van der Waals surface area (Å²) in [7, 11) is 1.76. The average molecular weight is 374 g/mol. The monoisotopic (exact) mass is 373 g/mol. The number of hydrogen-bond donors (Lipinski definition) is 0. The molecule has 0 aliphatic carbocycles. The molecule has 0 spiro atoms. The van der Waals surface area contributed by atoms with Gasteiger partial charge in [0, 0.05) is 18.5 Å². The molecule has 3 aromatic rings. The summed E-state index contributed by atoms with van der Waals surface area (Å²) in [6.45, 7) is 5.66. The third-order valence-corrected chi connectivity index (χ3v) is 6.54. The van der Waals surface area contributed by atoms with Crippen LogP contribution in [-0.2, 0) is 12.0 Å². The Bertz CT molecular complexity index is 929. The second kappa shape index (κ2) is 8.36. The van der Waals surface area contributed by atoms with Crippen molar-refractivity contribution < 1.29 is 4.74 Å². The predicted octanol–water partition coefficient (Wildman–Crippen LogP) is 6.18. The van der Waals surface area contributed by atoms with Crippen LogP contribution in [0, 0.1) is 0 Å². The fraction of sp³-hybridized carbons (Fsp3) is 0.385. The van der Waals surface area contributed by atoms with Crippen LogP contribution in [0.15, 0.2) is 66.7 Å². The van der Waals surface area contributed by atoms with Gasteiger partial charge in [-0.2, -0.15) is 0 Å². The Labute approximate surface area is 169 Å². The van der Waals surface area contributed by atoms with Crippen LogP contribution < -0.4 is 4.74 Å². The highest BCUT2D eigenvalue weighted by atomic mass is 16.5. The van der Waals surface area contributed by atoms with E-state index in [-0.39, 0.29) is 5.41 Å². The molecule has 0 aromatic heterocycles. The number of methoxy groups -OCH3 is 1. The minimum absolute atomic E-state index is 0.204. The first-order chi connectivity index (χ1) is 13.7. The van der Waals surface area contributed by atoms with E-state index in [1.54, 1.807) is 7.11 Å². The molecule has 0 amide bonds. The summed E-state index contributed by atoms with van der Waals surface area (Å²) >= 11 is 0. The van der Waals surface area contributed by atoms with Crippen LogP contribution >= 0.6 is 0 Å². The summed E-state index contributed by atoms with van der Waals surface area (Å²) < 4.78 is 5.52. The first-order valence-electron chi connectivity index (χ1n) is 10.6. The van der Waals surface area contributed by atoms with Crippen LogP contribution in [0.1, 0.15) is 43.7 Å². The minimum Gasteiger partial charge on any atom is -0.497 e. The summed E-state index contributed by atoms with van der Waals surface area (Å²) in [5.74, 6) is 0.968. The number of fused-ring (bicyclic) bond motifs is 1. The van der Waals surface area contributed by atoms with Gasteiger partial charge in [0.25, 0.3) is 0 Å². The van der Waals surface area contributed by atoms with Crippen molar-refractivity contribution in [3.8, 4) is 5.75 Å². The van der Waals surface area contributed by atoms with Gasteiger partial charge in [-0.05, 0) is 59.8 Å². The summed E-state index contributed by atoms with van der Waals surface area (Å²) in [5.41, 5.74) is 3.07. The molecule has 1 atom stereocenters. The molecule has 4 rings (SSSR count). The molecule has 1 aliphatic rings. The molecule has 0 N–H and O–H groups in total. The van der Waals surface area contributed by atoms with E-state index >= 15 is 0 Å². The van der Waals surface area contributed by atoms with Crippen molar-refractivity contribution in [2.45, 2.75) is 44.6 Å². The maximum atomic E-state index is 5.52. The number of hydrogen-bond acceptors (Lipinski definition) is 2. The second-order valence-corrected chi connectivity index (χ2v) is 8.17. The molecule has 1 heterocycles. The van der Waals surface area contributed by atoms with Crippen LogP contribution in [0.4, 0.5) is 0 Å². The largest absolute Gasteiger partial charge is 0.497 e. The third kappa shape index (κ3) is 3.79. The molecule has 1 aliphatic heterocycles. The van der Waals surface area contributed by atoms with E-state index in [1.165, 1.54) is 47.7 Å². The van der Waals surface area contributed by atoms with Crippen molar-refractivity contribution in [2.75, 3.05) is 20.2 Å². The first kappa shape index (κ1) is 19.0. The highest BCUT2D eigenvalue weighted by Crippen LogP contribution is 2.38. The molecule has 0 bridgehead atoms. The topological polar surface area (TPSA) is 12.5 Å². The van der Waals surface area contributed by atoms with Gasteiger partial charge < -0.3 is 4.74 Å². The molecular weight excluding hydrogens is 342 g/mol. The molecule has 1 unspecified atom stereocenters. The van der Waals surface area contributed by atoms with E-state index in [4.69, 9.17) is 4.74 Å². The lowest BCUT2D eigenvalue weighted by Gasteiger charge is -2.36. The van der Waals surface area contributed by atoms with E-state index in [1.807, 2.05) is 0 Å². The molecule has 28 heavy (non-hydrogen) atoms. The fourth-order valence-electron chi connectivity index (χ4n) is 4.87. The zero-order chi connectivity index (χ0) is 19.4. The summed E-state index contributed by atoms with van der Waals surface area (Å²) in [5, 5.41) is 2.72. The fourth-order valence-corrected chi connectivity index (χ4v) is 4.87. The van der Waals surface area contributed by atoms with Crippen LogP contribution in [0.5, 0.6) is 5.75 Å². The minimum atomic E-state index is 0.204. The normalized spacial score (nSPS) is 20.8. The van der Waals surface area contributed by atoms with Crippen molar-refractivity contribution >= 4 is 10.8 Å². The molecule has 2 heteroatoms. The van der Waals surface area contributed by atoms with E-state index < -0.39 is 0 Å². The van der Waals surface area contributed by atoms with E-state index in [0.717, 1.165) is 25.3 Å². The zero-order valence-electron chi connectivity index (χ0n) is 17.2. The van der Waals surface area contributed by atoms with Crippen LogP contribution in [0.3, 0.4) is 0 Å². The Balaban J connectivity index is 1.64. The maximum Gasteiger partial charge on any atom is 0.119 e. The van der Waals surface area contributed by atoms with Gasteiger partial charge in [0.2, 0.25) is 0 Å². The van der Waals surface area contributed by atoms with Crippen molar-refractivity contribution in [3.05, 3.63) is 77.9 Å². The Morgan fingerprint density at radius 2 is 1.79 bits per heavy atom. The number of nitrogens with zero attached hydrogens (tertiary/aromatic N) is 1. The van der Waals surface area contributed by atoms with Crippen molar-refractivity contribution in [1.82, 2.24) is 4.90 Å². The van der Waals surface area contributed by atoms with Crippen LogP contribution in [-0.4, -0.2) is 25.1 Å². The third-order valence-electron chi connectivity index (χ3n) is 6.54. The van der Waals surface area contributed by atoms with Gasteiger partial charge in [0.15, 0.2) is 0 Å². The van der Waals surface area contributed by atoms with Crippen molar-refractivity contribution in [2.24, 2.45) is 0 Å². The average Bonchev–Trinajstić information content (AvgIpc) is 2.97. The van der Waals surface area contributed by atoms with Gasteiger partial charge >= 0.3 is 0 Å². The SMILES string of the molecule is CCC1(c2cccc(OC)c2)CCCCN(Cc2cccc3ccccc23)C1. The molecule has 1 fully saturated rings. The lowest BCUT2D eigenvalue weighted by molar-refractivity contribution is 0.211. The van der Waals surface area contributed by atoms with Gasteiger partial charge in [-0.3, -0.25) is 4.90 Å². The molecule has 146 valence electrons. The van der Waals surface area contributed by atoms with Gasteiger partial charge in [0.1, 0.15) is 5.75 Å². The Hall–Kier alpha value is -2.32. The second-order valence-electron chi connectivity index (χ2n) is 8.17. The number of likely N-dealkylation sites (tertiary alicyclic amines) is 1. The standard InChI is InChI=1S/C26H31NO/c1-3-26(23-13-9-14-24(18-23)28-2)16-6-7-17-27(20-26)19-22-12-8-11-21-10-4-5-15-25(21)22/h4-5,8-15,18H,3,6-7,16-17,19-20H2,1-2H3. The smallest absolute Gasteiger partial charge is 0.119 e. The summed E-state index contributed by atoms with van der Waals surface area (Å²) in [6.07, 6.45) is 4.97. The van der Waals surface area contributed by atoms with E-state index in [2.05, 4.69) is 78.6 Å². The number of benzene rings is 3. The van der Waals surface area contributed by atoms with Crippen LogP contribution in [0.25, 0.3) is 10.8 Å². The lowest BCUT2D eigenvalue weighted by atomic mass is 9.74. The quantitative estimate of drug-likeness (QED) is 0.529. The van der Waals surface area contributed by atoms with Crippen molar-refractivity contribution in [3.63, 3.8) is 0 Å². The van der Waals surface area contributed by atoms with Gasteiger partial charge in [0.05, 0.1) is 7.11 Å². The zero-order valence-corrected chi connectivity index (χ0v) is 17.2. The predicted molar refractivity (Wildman–Crippen MR) is 118 cm³/mol. The molecule has 3 aromatic carbocycles.